The van der Waals surface area contributed by atoms with Crippen LogP contribution < -0.4 is 15.4 Å². The van der Waals surface area contributed by atoms with Crippen molar-refractivity contribution >= 4 is 56.3 Å². The van der Waals surface area contributed by atoms with Gasteiger partial charge in [0.1, 0.15) is 12.9 Å². The number of benzene rings is 2. The molecule has 1 aliphatic rings. The van der Waals surface area contributed by atoms with Gasteiger partial charge in [-0.1, -0.05) is 6.92 Å². The summed E-state index contributed by atoms with van der Waals surface area (Å²) in [5.74, 6) is 0.641. The van der Waals surface area contributed by atoms with Gasteiger partial charge < -0.3 is 19.4 Å². The molecule has 6 nitrogen and oxygen atoms in total. The molecule has 0 spiro atoms. The molecule has 2 aromatic heterocycles. The molecule has 0 saturated carbocycles. The summed E-state index contributed by atoms with van der Waals surface area (Å²) in [4.78, 5) is 8.94. The third-order valence-electron chi connectivity index (χ3n) is 5.49. The van der Waals surface area contributed by atoms with E-state index in [0.717, 1.165) is 37.8 Å². The van der Waals surface area contributed by atoms with Gasteiger partial charge in [-0.15, -0.1) is 11.3 Å². The molecule has 3 heterocycles. The Morgan fingerprint density at radius 1 is 1.16 bits per heavy atom. The lowest BCUT2D eigenvalue weighted by Gasteiger charge is -2.37. The molecule has 8 heteroatoms. The second-order valence-electron chi connectivity index (χ2n) is 8.80. The van der Waals surface area contributed by atoms with Gasteiger partial charge >= 0.3 is 0 Å². The fourth-order valence-corrected chi connectivity index (χ4v) is 5.44. The highest BCUT2D eigenvalue weighted by molar-refractivity contribution is 7.70. The van der Waals surface area contributed by atoms with Crippen LogP contribution in [0.1, 0.15) is 6.92 Å². The third-order valence-corrected chi connectivity index (χ3v) is 7.81. The number of thiazole rings is 1. The van der Waals surface area contributed by atoms with Crippen molar-refractivity contribution in [2.45, 2.75) is 6.92 Å². The van der Waals surface area contributed by atoms with Crippen LogP contribution in [0.15, 0.2) is 48.1 Å². The molecule has 1 saturated heterocycles. The number of fused-ring (bicyclic) bond motifs is 2. The lowest BCUT2D eigenvalue weighted by Crippen LogP contribution is -2.44. The van der Waals surface area contributed by atoms with Gasteiger partial charge in [0, 0.05) is 34.4 Å². The van der Waals surface area contributed by atoms with Crippen molar-refractivity contribution in [3.63, 3.8) is 0 Å². The molecule has 5 rings (SSSR count). The SMILES string of the molecule is CC1(COc2cc3nccc(Nc4ccc5scnc5c4)c3cc2P(C)(C)=O)COC1. The summed E-state index contributed by atoms with van der Waals surface area (Å²) in [5.41, 5.74) is 5.46. The summed E-state index contributed by atoms with van der Waals surface area (Å²) < 4.78 is 25.8. The average molecular weight is 454 g/mol. The summed E-state index contributed by atoms with van der Waals surface area (Å²) >= 11 is 1.62. The standard InChI is InChI=1S/C23H24N3O3PS/c1-23(11-28-12-23)13-29-20-10-18-16(9-21(20)30(2,3)27)17(6-7-24-18)26-15-4-5-22-19(8-15)25-14-31-22/h4-10,14H,11-13H2,1-3H3,(H,24,26). The molecule has 1 aliphatic heterocycles. The van der Waals surface area contributed by atoms with E-state index < -0.39 is 7.14 Å². The van der Waals surface area contributed by atoms with E-state index in [1.165, 1.54) is 0 Å². The molecule has 0 aliphatic carbocycles. The van der Waals surface area contributed by atoms with Crippen LogP contribution in [0, 0.1) is 5.41 Å². The summed E-state index contributed by atoms with van der Waals surface area (Å²) in [7, 11) is -2.58. The molecule has 1 fully saturated rings. The van der Waals surface area contributed by atoms with Crippen LogP contribution >= 0.6 is 18.5 Å². The number of hydrogen-bond donors (Lipinski definition) is 1. The second-order valence-corrected chi connectivity index (χ2v) is 12.9. The summed E-state index contributed by atoms with van der Waals surface area (Å²) in [6.45, 7) is 7.57. The number of anilines is 2. The van der Waals surface area contributed by atoms with E-state index >= 15 is 0 Å². The van der Waals surface area contributed by atoms with Gasteiger partial charge in [-0.3, -0.25) is 4.98 Å². The van der Waals surface area contributed by atoms with Crippen molar-refractivity contribution in [3.8, 4) is 5.75 Å². The average Bonchev–Trinajstić information content (AvgIpc) is 3.17. The Balaban J connectivity index is 1.54. The minimum atomic E-state index is -2.58. The molecule has 2 aromatic carbocycles. The van der Waals surface area contributed by atoms with Crippen molar-refractivity contribution in [3.05, 3.63) is 48.1 Å². The van der Waals surface area contributed by atoms with Crippen LogP contribution in [0.4, 0.5) is 11.4 Å². The summed E-state index contributed by atoms with van der Waals surface area (Å²) in [6.07, 6.45) is 1.77. The molecule has 0 unspecified atom stereocenters. The molecule has 0 bridgehead atoms. The van der Waals surface area contributed by atoms with E-state index in [1.807, 2.05) is 35.8 Å². The van der Waals surface area contributed by atoms with E-state index in [4.69, 9.17) is 9.47 Å². The first-order chi connectivity index (χ1) is 14.8. The topological polar surface area (TPSA) is 73.3 Å². The number of hydrogen-bond acceptors (Lipinski definition) is 7. The number of nitrogens with one attached hydrogen (secondary N) is 1. The highest BCUT2D eigenvalue weighted by atomic mass is 32.1. The third kappa shape index (κ3) is 4.05. The Hall–Kier alpha value is -2.47. The fraction of sp³-hybridized carbons (Fsp3) is 0.304. The molecule has 160 valence electrons. The molecule has 31 heavy (non-hydrogen) atoms. The maximum Gasteiger partial charge on any atom is 0.132 e. The largest absolute Gasteiger partial charge is 0.492 e. The van der Waals surface area contributed by atoms with Crippen LogP contribution in [0.2, 0.25) is 0 Å². The number of ether oxygens (including phenoxy) is 2. The normalized spacial score (nSPS) is 15.7. The Morgan fingerprint density at radius 2 is 2.00 bits per heavy atom. The molecule has 0 atom stereocenters. The molecule has 0 amide bonds. The predicted molar refractivity (Wildman–Crippen MR) is 128 cm³/mol. The highest BCUT2D eigenvalue weighted by Crippen LogP contribution is 2.42. The van der Waals surface area contributed by atoms with Crippen molar-refractivity contribution in [1.29, 1.82) is 0 Å². The minimum Gasteiger partial charge on any atom is -0.492 e. The highest BCUT2D eigenvalue weighted by Gasteiger charge is 2.35. The van der Waals surface area contributed by atoms with E-state index in [9.17, 15) is 4.57 Å². The maximum absolute atomic E-state index is 13.1. The van der Waals surface area contributed by atoms with E-state index in [2.05, 4.69) is 28.3 Å². The first-order valence-electron chi connectivity index (χ1n) is 10.1. The Bertz CT molecular complexity index is 1330. The zero-order valence-corrected chi connectivity index (χ0v) is 19.4. The second kappa shape index (κ2) is 7.59. The smallest absolute Gasteiger partial charge is 0.132 e. The van der Waals surface area contributed by atoms with Gasteiger partial charge in [0.2, 0.25) is 0 Å². The molecule has 0 radical (unpaired) electrons. The van der Waals surface area contributed by atoms with Gasteiger partial charge in [0.25, 0.3) is 0 Å². The van der Waals surface area contributed by atoms with Gasteiger partial charge in [-0.25, -0.2) is 4.98 Å². The minimum absolute atomic E-state index is 0.00284. The van der Waals surface area contributed by atoms with Gasteiger partial charge in [0.05, 0.1) is 46.4 Å². The van der Waals surface area contributed by atoms with Crippen LogP contribution in [0.25, 0.3) is 21.1 Å². The lowest BCUT2D eigenvalue weighted by molar-refractivity contribution is -0.120. The van der Waals surface area contributed by atoms with Gasteiger partial charge in [-0.2, -0.15) is 0 Å². The van der Waals surface area contributed by atoms with Gasteiger partial charge in [0.15, 0.2) is 0 Å². The number of pyridine rings is 1. The zero-order chi connectivity index (χ0) is 21.6. The number of rotatable bonds is 6. The Labute approximate surface area is 185 Å². The lowest BCUT2D eigenvalue weighted by atomic mass is 9.90. The van der Waals surface area contributed by atoms with Gasteiger partial charge in [-0.05, 0) is 43.7 Å². The van der Waals surface area contributed by atoms with Crippen LogP contribution in [0.5, 0.6) is 5.75 Å². The Kier molecular flexibility index (Phi) is 5.00. The zero-order valence-electron chi connectivity index (χ0n) is 17.7. The maximum atomic E-state index is 13.1. The first kappa shape index (κ1) is 20.4. The quantitative estimate of drug-likeness (QED) is 0.402. The van der Waals surface area contributed by atoms with Crippen molar-refractivity contribution in [1.82, 2.24) is 9.97 Å². The summed E-state index contributed by atoms with van der Waals surface area (Å²) in [5, 5.41) is 5.12. The number of nitrogens with zero attached hydrogens (tertiary/aromatic N) is 2. The molecule has 1 N–H and O–H groups in total. The van der Waals surface area contributed by atoms with Crippen molar-refractivity contribution in [2.75, 3.05) is 38.5 Å². The first-order valence-corrected chi connectivity index (χ1v) is 13.6. The van der Waals surface area contributed by atoms with Crippen molar-refractivity contribution < 1.29 is 14.0 Å². The van der Waals surface area contributed by atoms with Crippen LogP contribution in [0.3, 0.4) is 0 Å². The molecular formula is C23H24N3O3PS. The predicted octanol–water partition coefficient (Wildman–Crippen LogP) is 5.25. The monoisotopic (exact) mass is 453 g/mol. The molecule has 4 aromatic rings. The Morgan fingerprint density at radius 3 is 2.74 bits per heavy atom. The molecular weight excluding hydrogens is 429 g/mol. The van der Waals surface area contributed by atoms with E-state index in [-0.39, 0.29) is 5.41 Å². The number of aromatic nitrogens is 2. The van der Waals surface area contributed by atoms with Crippen LogP contribution in [-0.4, -0.2) is 43.1 Å². The fourth-order valence-electron chi connectivity index (χ4n) is 3.68. The van der Waals surface area contributed by atoms with E-state index in [0.29, 0.717) is 25.6 Å². The van der Waals surface area contributed by atoms with Crippen LogP contribution in [-0.2, 0) is 9.30 Å². The van der Waals surface area contributed by atoms with Crippen molar-refractivity contribution in [2.24, 2.45) is 5.41 Å². The van der Waals surface area contributed by atoms with E-state index in [1.54, 1.807) is 30.9 Å². The summed E-state index contributed by atoms with van der Waals surface area (Å²) in [6, 6.07) is 11.9.